The topological polar surface area (TPSA) is 92.4 Å². The van der Waals surface area contributed by atoms with E-state index in [-0.39, 0.29) is 18.4 Å². The van der Waals surface area contributed by atoms with Crippen molar-refractivity contribution < 1.29 is 9.59 Å². The fourth-order valence-electron chi connectivity index (χ4n) is 3.18. The summed E-state index contributed by atoms with van der Waals surface area (Å²) in [7, 11) is 3.44. The summed E-state index contributed by atoms with van der Waals surface area (Å²) >= 11 is 0. The van der Waals surface area contributed by atoms with Crippen LogP contribution in [0.5, 0.6) is 0 Å². The van der Waals surface area contributed by atoms with Crippen LogP contribution in [0, 0.1) is 0 Å². The highest BCUT2D eigenvalue weighted by Crippen LogP contribution is 2.33. The van der Waals surface area contributed by atoms with Crippen LogP contribution in [0.4, 0.5) is 0 Å². The molecule has 1 aromatic heterocycles. The lowest BCUT2D eigenvalue weighted by molar-refractivity contribution is -0.135. The van der Waals surface area contributed by atoms with E-state index in [4.69, 9.17) is 5.73 Å². The molecule has 0 radical (unpaired) electrons. The van der Waals surface area contributed by atoms with E-state index < -0.39 is 5.54 Å². The summed E-state index contributed by atoms with van der Waals surface area (Å²) in [6.07, 6.45) is 8.81. The van der Waals surface area contributed by atoms with E-state index >= 15 is 0 Å². The number of likely N-dealkylation sites (N-methyl/N-ethyl adjacent to an activating group) is 1. The van der Waals surface area contributed by atoms with Gasteiger partial charge in [-0.1, -0.05) is 0 Å². The molecule has 1 aliphatic heterocycles. The Morgan fingerprint density at radius 1 is 1.39 bits per heavy atom. The van der Waals surface area contributed by atoms with Gasteiger partial charge in [0.15, 0.2) is 0 Å². The van der Waals surface area contributed by atoms with Crippen LogP contribution < -0.4 is 5.73 Å². The molecule has 23 heavy (non-hydrogen) atoms. The first-order valence-corrected chi connectivity index (χ1v) is 7.96. The Kier molecular flexibility index (Phi) is 5.65. The molecule has 0 spiro atoms. The van der Waals surface area contributed by atoms with Crippen LogP contribution in [0.15, 0.2) is 18.6 Å². The van der Waals surface area contributed by atoms with Gasteiger partial charge in [-0.25, -0.2) is 0 Å². The first kappa shape index (κ1) is 17.3. The van der Waals surface area contributed by atoms with Gasteiger partial charge in [0.1, 0.15) is 5.54 Å². The Balaban J connectivity index is 2.02. The van der Waals surface area contributed by atoms with Gasteiger partial charge in [-0.2, -0.15) is 0 Å². The molecule has 1 saturated heterocycles. The maximum atomic E-state index is 12.2. The van der Waals surface area contributed by atoms with Crippen LogP contribution >= 0.6 is 0 Å². The Bertz CT molecular complexity index is 549. The number of nitrogens with two attached hydrogens (primary N) is 1. The molecule has 7 heteroatoms. The standard InChI is InChI=1S/C16H25N5O2/c1-20(2)14(22)12-21-10-4-7-16(21,15(17)23)6-3-5-13-11-18-8-9-19-13/h8-9,11H,3-7,10,12H2,1-2H3,(H2,17,23). The molecule has 0 bridgehead atoms. The third kappa shape index (κ3) is 4.04. The van der Waals surface area contributed by atoms with Gasteiger partial charge in [-0.05, 0) is 38.6 Å². The quantitative estimate of drug-likeness (QED) is 0.775. The van der Waals surface area contributed by atoms with Crippen molar-refractivity contribution in [1.29, 1.82) is 0 Å². The normalized spacial score (nSPS) is 21.3. The minimum Gasteiger partial charge on any atom is -0.368 e. The molecule has 126 valence electrons. The van der Waals surface area contributed by atoms with Crippen LogP contribution in [0.2, 0.25) is 0 Å². The van der Waals surface area contributed by atoms with Crippen molar-refractivity contribution in [1.82, 2.24) is 19.8 Å². The molecule has 0 aliphatic carbocycles. The molecule has 1 aromatic rings. The van der Waals surface area contributed by atoms with Gasteiger partial charge in [-0.3, -0.25) is 24.5 Å². The van der Waals surface area contributed by atoms with Gasteiger partial charge in [0.2, 0.25) is 11.8 Å². The number of aromatic nitrogens is 2. The van der Waals surface area contributed by atoms with Crippen LogP contribution in [0.3, 0.4) is 0 Å². The summed E-state index contributed by atoms with van der Waals surface area (Å²) in [4.78, 5) is 36.0. The van der Waals surface area contributed by atoms with Gasteiger partial charge >= 0.3 is 0 Å². The minimum absolute atomic E-state index is 0.00792. The summed E-state index contributed by atoms with van der Waals surface area (Å²) in [5.74, 6) is -0.341. The molecule has 2 heterocycles. The Hall–Kier alpha value is -2.02. The predicted octanol–water partition coefficient (Wildman–Crippen LogP) is 0.207. The molecule has 1 fully saturated rings. The van der Waals surface area contributed by atoms with Crippen LogP contribution in [0.1, 0.15) is 31.4 Å². The average molecular weight is 319 g/mol. The lowest BCUT2D eigenvalue weighted by Crippen LogP contribution is -2.56. The summed E-state index contributed by atoms with van der Waals surface area (Å²) in [6.45, 7) is 0.967. The van der Waals surface area contributed by atoms with E-state index in [9.17, 15) is 9.59 Å². The highest BCUT2D eigenvalue weighted by Gasteiger charge is 2.46. The summed E-state index contributed by atoms with van der Waals surface area (Å²) in [5, 5.41) is 0. The summed E-state index contributed by atoms with van der Waals surface area (Å²) < 4.78 is 0. The largest absolute Gasteiger partial charge is 0.368 e. The molecule has 2 rings (SSSR count). The number of nitrogens with zero attached hydrogens (tertiary/aromatic N) is 4. The zero-order chi connectivity index (χ0) is 16.9. The second-order valence-electron chi connectivity index (χ2n) is 6.26. The lowest BCUT2D eigenvalue weighted by atomic mass is 9.88. The van der Waals surface area contributed by atoms with Crippen LogP contribution in [0.25, 0.3) is 0 Å². The Labute approximate surface area is 136 Å². The first-order chi connectivity index (χ1) is 11.0. The maximum absolute atomic E-state index is 12.2. The molecular weight excluding hydrogens is 294 g/mol. The molecule has 1 unspecified atom stereocenters. The highest BCUT2D eigenvalue weighted by molar-refractivity contribution is 5.86. The molecule has 7 nitrogen and oxygen atoms in total. The second kappa shape index (κ2) is 7.50. The van der Waals surface area contributed by atoms with Crippen LogP contribution in [-0.2, 0) is 16.0 Å². The third-order valence-corrected chi connectivity index (χ3v) is 4.55. The fraction of sp³-hybridized carbons (Fsp3) is 0.625. The Morgan fingerprint density at radius 3 is 2.78 bits per heavy atom. The van der Waals surface area contributed by atoms with E-state index in [1.807, 2.05) is 4.90 Å². The molecule has 1 atom stereocenters. The smallest absolute Gasteiger partial charge is 0.237 e. The number of hydrogen-bond donors (Lipinski definition) is 1. The van der Waals surface area contributed by atoms with E-state index in [1.54, 1.807) is 37.6 Å². The Morgan fingerprint density at radius 2 is 2.17 bits per heavy atom. The first-order valence-electron chi connectivity index (χ1n) is 7.96. The average Bonchev–Trinajstić information content (AvgIpc) is 2.92. The van der Waals surface area contributed by atoms with Gasteiger partial charge in [0.25, 0.3) is 0 Å². The second-order valence-corrected chi connectivity index (χ2v) is 6.26. The molecular formula is C16H25N5O2. The SMILES string of the molecule is CN(C)C(=O)CN1CCCC1(CCCc1cnccn1)C(N)=O. The van der Waals surface area contributed by atoms with E-state index in [1.165, 1.54) is 0 Å². The predicted molar refractivity (Wildman–Crippen MR) is 86.4 cm³/mol. The number of aryl methyl sites for hydroxylation is 1. The molecule has 2 amide bonds. The molecule has 1 aliphatic rings. The third-order valence-electron chi connectivity index (χ3n) is 4.55. The van der Waals surface area contributed by atoms with Crippen molar-refractivity contribution in [2.24, 2.45) is 5.73 Å². The van der Waals surface area contributed by atoms with E-state index in [2.05, 4.69) is 9.97 Å². The van der Waals surface area contributed by atoms with Crippen molar-refractivity contribution in [3.05, 3.63) is 24.3 Å². The number of likely N-dealkylation sites (tertiary alicyclic amines) is 1. The van der Waals surface area contributed by atoms with Crippen molar-refractivity contribution in [2.45, 2.75) is 37.6 Å². The fourth-order valence-corrected chi connectivity index (χ4v) is 3.18. The number of carbonyl (C=O) groups is 2. The zero-order valence-electron chi connectivity index (χ0n) is 13.9. The number of carbonyl (C=O) groups excluding carboxylic acids is 2. The van der Waals surface area contributed by atoms with Crippen LogP contribution in [-0.4, -0.2) is 64.3 Å². The molecule has 0 saturated carbocycles. The van der Waals surface area contributed by atoms with Gasteiger partial charge in [0, 0.05) is 32.7 Å². The lowest BCUT2D eigenvalue weighted by Gasteiger charge is -2.36. The number of amides is 2. The minimum atomic E-state index is -0.714. The monoisotopic (exact) mass is 319 g/mol. The highest BCUT2D eigenvalue weighted by atomic mass is 16.2. The maximum Gasteiger partial charge on any atom is 0.237 e. The summed E-state index contributed by atoms with van der Waals surface area (Å²) in [6, 6.07) is 0. The van der Waals surface area contributed by atoms with Crippen molar-refractivity contribution >= 4 is 11.8 Å². The summed E-state index contributed by atoms with van der Waals surface area (Å²) in [5.41, 5.74) is 5.91. The van der Waals surface area contributed by atoms with E-state index in [0.29, 0.717) is 12.8 Å². The van der Waals surface area contributed by atoms with Gasteiger partial charge < -0.3 is 10.6 Å². The zero-order valence-corrected chi connectivity index (χ0v) is 13.9. The molecule has 0 aromatic carbocycles. The number of rotatable bonds is 7. The number of primary amides is 1. The molecule has 2 N–H and O–H groups in total. The van der Waals surface area contributed by atoms with Crippen molar-refractivity contribution in [3.63, 3.8) is 0 Å². The van der Waals surface area contributed by atoms with Gasteiger partial charge in [0.05, 0.1) is 12.2 Å². The van der Waals surface area contributed by atoms with Crippen molar-refractivity contribution in [3.8, 4) is 0 Å². The van der Waals surface area contributed by atoms with Gasteiger partial charge in [-0.15, -0.1) is 0 Å². The van der Waals surface area contributed by atoms with E-state index in [0.717, 1.165) is 31.5 Å². The number of hydrogen-bond acceptors (Lipinski definition) is 5. The van der Waals surface area contributed by atoms with Crippen molar-refractivity contribution in [2.75, 3.05) is 27.2 Å².